The molecule has 31 heavy (non-hydrogen) atoms. The molecule has 2 aromatic rings. The Labute approximate surface area is 174 Å². The molecule has 5 nitrogen and oxygen atoms in total. The largest absolute Gasteiger partial charge is 0.482 e. The van der Waals surface area contributed by atoms with Crippen molar-refractivity contribution in [1.82, 2.24) is 5.32 Å². The van der Waals surface area contributed by atoms with Gasteiger partial charge >= 0.3 is 18.0 Å². The minimum Gasteiger partial charge on any atom is -0.482 e. The van der Waals surface area contributed by atoms with Crippen LogP contribution in [0.1, 0.15) is 43.0 Å². The zero-order valence-electron chi connectivity index (χ0n) is 16.8. The standard InChI is InChI=1S/C20H20F6N2O3/c1-18(2,3)27-10-12-4-7-17(16(8-12)28(29)30)31-11-13-5-6-14(19(21,22)23)9-15(13)20(24,25)26/h4-9,27H,10-11H2,1-3H3. The van der Waals surface area contributed by atoms with Gasteiger partial charge in [0.25, 0.3) is 0 Å². The first-order chi connectivity index (χ1) is 14.1. The summed E-state index contributed by atoms with van der Waals surface area (Å²) in [6.07, 6.45) is -10.0. The molecule has 0 aliphatic heterocycles. The van der Waals surface area contributed by atoms with Crippen LogP contribution in [-0.4, -0.2) is 10.5 Å². The van der Waals surface area contributed by atoms with Gasteiger partial charge in [-0.05, 0) is 44.5 Å². The molecule has 11 heteroatoms. The van der Waals surface area contributed by atoms with Crippen LogP contribution in [0.15, 0.2) is 36.4 Å². The molecule has 0 unspecified atom stereocenters. The fraction of sp³-hybridized carbons (Fsp3) is 0.400. The first-order valence-electron chi connectivity index (χ1n) is 9.00. The Hall–Kier alpha value is -2.82. The molecule has 0 heterocycles. The average Bonchev–Trinajstić information content (AvgIpc) is 2.62. The maximum Gasteiger partial charge on any atom is 0.416 e. The van der Waals surface area contributed by atoms with Gasteiger partial charge in [0.15, 0.2) is 5.75 Å². The molecule has 0 aliphatic carbocycles. The summed E-state index contributed by atoms with van der Waals surface area (Å²) in [5.74, 6) is -0.294. The number of nitrogens with one attached hydrogen (secondary N) is 1. The Kier molecular flexibility index (Phi) is 6.89. The SMILES string of the molecule is CC(C)(C)NCc1ccc(OCc2ccc(C(F)(F)F)cc2C(F)(F)F)c([N+](=O)[O-])c1. The fourth-order valence-electron chi connectivity index (χ4n) is 2.60. The molecule has 2 rings (SSSR count). The summed E-state index contributed by atoms with van der Waals surface area (Å²) >= 11 is 0. The van der Waals surface area contributed by atoms with Gasteiger partial charge in [-0.1, -0.05) is 12.1 Å². The van der Waals surface area contributed by atoms with Gasteiger partial charge < -0.3 is 10.1 Å². The molecule has 170 valence electrons. The number of nitro benzene ring substituents is 1. The molecule has 0 atom stereocenters. The van der Waals surface area contributed by atoms with Gasteiger partial charge in [-0.25, -0.2) is 0 Å². The summed E-state index contributed by atoms with van der Waals surface area (Å²) in [4.78, 5) is 10.6. The summed E-state index contributed by atoms with van der Waals surface area (Å²) in [5.41, 5.74) is -3.71. The first kappa shape index (κ1) is 24.4. The van der Waals surface area contributed by atoms with Crippen LogP contribution in [0.3, 0.4) is 0 Å². The van der Waals surface area contributed by atoms with Crippen molar-refractivity contribution in [3.8, 4) is 5.75 Å². The van der Waals surface area contributed by atoms with Gasteiger partial charge in [0.1, 0.15) is 6.61 Å². The Morgan fingerprint density at radius 3 is 2.13 bits per heavy atom. The van der Waals surface area contributed by atoms with Crippen LogP contribution in [0.4, 0.5) is 32.0 Å². The van der Waals surface area contributed by atoms with E-state index in [2.05, 4.69) is 5.32 Å². The van der Waals surface area contributed by atoms with E-state index in [1.54, 1.807) is 0 Å². The third kappa shape index (κ3) is 6.84. The summed E-state index contributed by atoms with van der Waals surface area (Å²) in [6.45, 7) is 5.22. The maximum atomic E-state index is 13.2. The lowest BCUT2D eigenvalue weighted by Gasteiger charge is -2.20. The molecule has 0 spiro atoms. The van der Waals surface area contributed by atoms with Gasteiger partial charge in [0, 0.05) is 23.7 Å². The third-order valence-corrected chi connectivity index (χ3v) is 4.17. The number of hydrogen-bond donors (Lipinski definition) is 1. The van der Waals surface area contributed by atoms with Gasteiger partial charge in [0.2, 0.25) is 0 Å². The van der Waals surface area contributed by atoms with E-state index in [1.807, 2.05) is 20.8 Å². The van der Waals surface area contributed by atoms with Crippen LogP contribution in [0.5, 0.6) is 5.75 Å². The predicted molar refractivity (Wildman–Crippen MR) is 100 cm³/mol. The Bertz CT molecular complexity index is 949. The molecule has 0 amide bonds. The van der Waals surface area contributed by atoms with Crippen LogP contribution in [-0.2, 0) is 25.5 Å². The van der Waals surface area contributed by atoms with E-state index in [4.69, 9.17) is 4.74 Å². The second-order valence-electron chi connectivity index (χ2n) is 7.82. The molecule has 1 N–H and O–H groups in total. The van der Waals surface area contributed by atoms with Crippen molar-refractivity contribution < 1.29 is 36.0 Å². The smallest absolute Gasteiger partial charge is 0.416 e. The molecule has 0 fully saturated rings. The van der Waals surface area contributed by atoms with Crippen LogP contribution in [0, 0.1) is 10.1 Å². The third-order valence-electron chi connectivity index (χ3n) is 4.17. The number of halogens is 6. The number of hydrogen-bond acceptors (Lipinski definition) is 4. The second-order valence-corrected chi connectivity index (χ2v) is 7.82. The van der Waals surface area contributed by atoms with Gasteiger partial charge in [0.05, 0.1) is 16.1 Å². The van der Waals surface area contributed by atoms with Crippen molar-refractivity contribution in [2.45, 2.75) is 51.8 Å². The Balaban J connectivity index is 2.30. The second kappa shape index (κ2) is 8.74. The van der Waals surface area contributed by atoms with Gasteiger partial charge in [-0.15, -0.1) is 0 Å². The number of nitrogens with zero attached hydrogens (tertiary/aromatic N) is 1. The van der Waals surface area contributed by atoms with E-state index in [1.165, 1.54) is 18.2 Å². The highest BCUT2D eigenvalue weighted by molar-refractivity contribution is 5.49. The lowest BCUT2D eigenvalue weighted by Crippen LogP contribution is -2.35. The first-order valence-corrected chi connectivity index (χ1v) is 9.00. The van der Waals surface area contributed by atoms with Gasteiger partial charge in [-0.3, -0.25) is 10.1 Å². The maximum absolute atomic E-state index is 13.2. The topological polar surface area (TPSA) is 64.4 Å². The van der Waals surface area contributed by atoms with Crippen molar-refractivity contribution in [3.63, 3.8) is 0 Å². The summed E-state index contributed by atoms with van der Waals surface area (Å²) in [7, 11) is 0. The number of rotatable bonds is 6. The molecule has 0 saturated heterocycles. The quantitative estimate of drug-likeness (QED) is 0.328. The fourth-order valence-corrected chi connectivity index (χ4v) is 2.60. The van der Waals surface area contributed by atoms with E-state index in [9.17, 15) is 36.5 Å². The summed E-state index contributed by atoms with van der Waals surface area (Å²) in [6, 6.07) is 5.14. The van der Waals surface area contributed by atoms with E-state index in [0.717, 1.165) is 0 Å². The van der Waals surface area contributed by atoms with Crippen molar-refractivity contribution in [2.75, 3.05) is 0 Å². The van der Waals surface area contributed by atoms with E-state index < -0.39 is 46.3 Å². The Morgan fingerprint density at radius 1 is 0.968 bits per heavy atom. The predicted octanol–water partition coefficient (Wildman–Crippen LogP) is 6.10. The van der Waals surface area contributed by atoms with E-state index >= 15 is 0 Å². The Morgan fingerprint density at radius 2 is 1.61 bits per heavy atom. The number of nitro groups is 1. The molecular weight excluding hydrogens is 430 g/mol. The highest BCUT2D eigenvalue weighted by atomic mass is 19.4. The molecule has 0 aromatic heterocycles. The monoisotopic (exact) mass is 450 g/mol. The zero-order valence-corrected chi connectivity index (χ0v) is 16.8. The highest BCUT2D eigenvalue weighted by Gasteiger charge is 2.38. The molecule has 0 radical (unpaired) electrons. The van der Waals surface area contributed by atoms with Crippen LogP contribution >= 0.6 is 0 Å². The lowest BCUT2D eigenvalue weighted by atomic mass is 10.0. The normalized spacial score (nSPS) is 12.7. The minimum absolute atomic E-state index is 0.00558. The van der Waals surface area contributed by atoms with Crippen LogP contribution < -0.4 is 10.1 Å². The van der Waals surface area contributed by atoms with E-state index in [0.29, 0.717) is 24.2 Å². The van der Waals surface area contributed by atoms with Gasteiger partial charge in [-0.2, -0.15) is 26.3 Å². The van der Waals surface area contributed by atoms with Crippen molar-refractivity contribution in [3.05, 3.63) is 68.8 Å². The van der Waals surface area contributed by atoms with Crippen molar-refractivity contribution in [1.29, 1.82) is 0 Å². The van der Waals surface area contributed by atoms with Crippen molar-refractivity contribution in [2.24, 2.45) is 0 Å². The highest BCUT2D eigenvalue weighted by Crippen LogP contribution is 2.38. The summed E-state index contributed by atoms with van der Waals surface area (Å²) < 4.78 is 83.3. The van der Waals surface area contributed by atoms with Crippen LogP contribution in [0.25, 0.3) is 0 Å². The molecule has 2 aromatic carbocycles. The molecular formula is C20H20F6N2O3. The molecule has 0 aliphatic rings. The summed E-state index contributed by atoms with van der Waals surface area (Å²) in [5, 5.41) is 14.5. The minimum atomic E-state index is -5.06. The number of benzene rings is 2. The van der Waals surface area contributed by atoms with E-state index in [-0.39, 0.29) is 17.4 Å². The zero-order chi connectivity index (χ0) is 23.6. The average molecular weight is 450 g/mol. The molecule has 0 saturated carbocycles. The van der Waals surface area contributed by atoms with Crippen LogP contribution in [0.2, 0.25) is 0 Å². The number of ether oxygens (including phenoxy) is 1. The molecule has 0 bridgehead atoms. The lowest BCUT2D eigenvalue weighted by molar-refractivity contribution is -0.386. The number of alkyl halides is 6. The van der Waals surface area contributed by atoms with Crippen molar-refractivity contribution >= 4 is 5.69 Å².